The van der Waals surface area contributed by atoms with E-state index in [1.54, 1.807) is 28.5 Å². The number of aryl methyl sites for hydroxylation is 1. The van der Waals surface area contributed by atoms with Crippen LogP contribution in [0, 0.1) is 6.92 Å². The highest BCUT2D eigenvalue weighted by Gasteiger charge is 2.49. The number of halogens is 4. The number of amides is 2. The number of nitrogens with zero attached hydrogens (tertiary/aromatic N) is 8. The molecule has 4 aromatic heterocycles. The Kier molecular flexibility index (Phi) is 8.63. The number of rotatable bonds is 6. The van der Waals surface area contributed by atoms with E-state index in [0.717, 1.165) is 22.7 Å². The monoisotopic (exact) mass is 737 g/mol. The van der Waals surface area contributed by atoms with Crippen molar-refractivity contribution in [1.82, 2.24) is 39.0 Å². The smallest absolute Gasteiger partial charge is 0.416 e. The summed E-state index contributed by atoms with van der Waals surface area (Å²) in [6, 6.07) is 5.96. The number of aromatic nitrogens is 7. The lowest BCUT2D eigenvalue weighted by Gasteiger charge is -2.39. The van der Waals surface area contributed by atoms with Gasteiger partial charge >= 0.3 is 6.18 Å². The van der Waals surface area contributed by atoms with Gasteiger partial charge in [0.1, 0.15) is 12.9 Å². The summed E-state index contributed by atoms with van der Waals surface area (Å²) < 4.78 is 47.9. The van der Waals surface area contributed by atoms with Crippen LogP contribution < -0.4 is 15.6 Å². The number of alkyl halides is 3. The standard InChI is InChI=1S/C34H31ClF3N9O5/c1-17-14-33(8-11-45(12-9-33)31(51)25-27(49)18(2)40-16-41-25)24-26(17)46(15-23(48)42-22-7-6-19(13-21(22)35)34(36,37)38)32-43-28(44-47(32)30(24)50)20-5-4-10-39-29(20)52-3/h4-7,10,13,16-17,49H,8-9,11-12,14-15H2,1-3H3,(H,42,48)/t17-/m0/s1. The van der Waals surface area contributed by atoms with Crippen LogP contribution in [-0.2, 0) is 22.9 Å². The average molecular weight is 738 g/mol. The molecular formula is C34H31ClF3N9O5. The molecular weight excluding hydrogens is 707 g/mol. The first-order valence-electron chi connectivity index (χ1n) is 16.2. The number of benzene rings is 1. The summed E-state index contributed by atoms with van der Waals surface area (Å²) in [5.41, 5.74) is -0.546. The van der Waals surface area contributed by atoms with Crippen LogP contribution in [-0.4, -0.2) is 76.1 Å². The molecule has 18 heteroatoms. The van der Waals surface area contributed by atoms with Gasteiger partial charge in [-0.15, -0.1) is 5.10 Å². The zero-order valence-corrected chi connectivity index (χ0v) is 28.8. The van der Waals surface area contributed by atoms with Crippen molar-refractivity contribution in [3.63, 3.8) is 0 Å². The van der Waals surface area contributed by atoms with Gasteiger partial charge in [-0.05, 0) is 62.4 Å². The van der Waals surface area contributed by atoms with Crippen LogP contribution in [0.15, 0.2) is 47.7 Å². The molecule has 1 aromatic carbocycles. The van der Waals surface area contributed by atoms with Crippen LogP contribution in [0.4, 0.5) is 18.9 Å². The number of nitrogens with one attached hydrogen (secondary N) is 1. The van der Waals surface area contributed by atoms with Gasteiger partial charge in [0, 0.05) is 36.0 Å². The molecule has 0 radical (unpaired) electrons. The number of aromatic hydroxyl groups is 1. The highest BCUT2D eigenvalue weighted by Crippen LogP contribution is 2.50. The molecule has 0 unspecified atom stereocenters. The van der Waals surface area contributed by atoms with E-state index in [0.29, 0.717) is 36.1 Å². The van der Waals surface area contributed by atoms with Gasteiger partial charge in [-0.3, -0.25) is 14.4 Å². The maximum atomic E-state index is 14.5. The molecule has 1 fully saturated rings. The molecule has 1 atom stereocenters. The van der Waals surface area contributed by atoms with Crippen molar-refractivity contribution in [2.24, 2.45) is 0 Å². The van der Waals surface area contributed by atoms with E-state index in [1.807, 2.05) is 6.92 Å². The van der Waals surface area contributed by atoms with Crippen LogP contribution in [0.25, 0.3) is 17.2 Å². The lowest BCUT2D eigenvalue weighted by atomic mass is 9.73. The Morgan fingerprint density at radius 2 is 1.90 bits per heavy atom. The van der Waals surface area contributed by atoms with E-state index in [4.69, 9.17) is 16.3 Å². The number of hydrogen-bond acceptors (Lipinski definition) is 10. The Balaban J connectivity index is 1.29. The van der Waals surface area contributed by atoms with E-state index in [9.17, 15) is 32.7 Å². The Morgan fingerprint density at radius 1 is 1.15 bits per heavy atom. The number of pyridine rings is 1. The average Bonchev–Trinajstić information content (AvgIpc) is 3.68. The lowest BCUT2D eigenvalue weighted by molar-refractivity contribution is -0.137. The van der Waals surface area contributed by atoms with Crippen molar-refractivity contribution in [3.05, 3.63) is 86.4 Å². The van der Waals surface area contributed by atoms with Gasteiger partial charge in [0.05, 0.1) is 34.6 Å². The third kappa shape index (κ3) is 5.87. The number of methoxy groups -OCH3 is 1. The van der Waals surface area contributed by atoms with Crippen LogP contribution >= 0.6 is 11.6 Å². The van der Waals surface area contributed by atoms with Gasteiger partial charge in [0.25, 0.3) is 11.5 Å². The molecule has 2 N–H and O–H groups in total. The number of carbonyl (C=O) groups excluding carboxylic acids is 2. The molecule has 5 aromatic rings. The summed E-state index contributed by atoms with van der Waals surface area (Å²) in [4.78, 5) is 59.9. The quantitative estimate of drug-likeness (QED) is 0.248. The van der Waals surface area contributed by atoms with Crippen LogP contribution in [0.2, 0.25) is 5.02 Å². The molecule has 52 heavy (non-hydrogen) atoms. The Hall–Kier alpha value is -5.58. The van der Waals surface area contributed by atoms with Crippen molar-refractivity contribution in [3.8, 4) is 23.0 Å². The minimum atomic E-state index is -4.62. The maximum absolute atomic E-state index is 14.5. The Bertz CT molecular complexity index is 2320. The molecule has 1 saturated heterocycles. The zero-order chi connectivity index (χ0) is 37.1. The summed E-state index contributed by atoms with van der Waals surface area (Å²) in [7, 11) is 1.43. The maximum Gasteiger partial charge on any atom is 0.416 e. The van der Waals surface area contributed by atoms with Crippen molar-refractivity contribution in [1.29, 1.82) is 0 Å². The Morgan fingerprint density at radius 3 is 2.60 bits per heavy atom. The van der Waals surface area contributed by atoms with E-state index >= 15 is 0 Å². The minimum Gasteiger partial charge on any atom is -0.504 e. The predicted octanol–water partition coefficient (Wildman–Crippen LogP) is 4.76. The van der Waals surface area contributed by atoms with Crippen LogP contribution in [0.1, 0.15) is 65.1 Å². The summed E-state index contributed by atoms with van der Waals surface area (Å²) >= 11 is 6.15. The molecule has 1 aliphatic carbocycles. The second-order valence-electron chi connectivity index (χ2n) is 12.9. The number of hydrogen-bond donors (Lipinski definition) is 2. The van der Waals surface area contributed by atoms with Gasteiger partial charge < -0.3 is 24.6 Å². The Labute approximate surface area is 298 Å². The van der Waals surface area contributed by atoms with Crippen molar-refractivity contribution in [2.45, 2.75) is 57.2 Å². The third-order valence-corrected chi connectivity index (χ3v) is 10.1. The molecule has 14 nitrogen and oxygen atoms in total. The van der Waals surface area contributed by atoms with Gasteiger partial charge in [0.2, 0.25) is 17.6 Å². The SMILES string of the molecule is COc1ncccc1-c1nc2n(CC(=O)Nc3ccc(C(F)(F)F)cc3Cl)c3c(c(=O)n2n1)C1(CCN(C(=O)c2ncnc(C)c2O)CC1)C[C@@H]3C. The molecule has 2 aliphatic rings. The first kappa shape index (κ1) is 34.9. The molecule has 0 saturated carbocycles. The molecule has 1 spiro atoms. The molecule has 5 heterocycles. The fourth-order valence-electron chi connectivity index (χ4n) is 7.35. The van der Waals surface area contributed by atoms with Crippen molar-refractivity contribution in [2.75, 3.05) is 25.5 Å². The van der Waals surface area contributed by atoms with Gasteiger partial charge in [-0.2, -0.15) is 22.7 Å². The van der Waals surface area contributed by atoms with Crippen LogP contribution in [0.3, 0.4) is 0 Å². The van der Waals surface area contributed by atoms with Gasteiger partial charge in [-0.25, -0.2) is 15.0 Å². The number of piperidine rings is 1. The second kappa shape index (κ2) is 12.9. The topological polar surface area (TPSA) is 170 Å². The van der Waals surface area contributed by atoms with E-state index in [-0.39, 0.29) is 70.9 Å². The third-order valence-electron chi connectivity index (χ3n) is 9.77. The van der Waals surface area contributed by atoms with Crippen LogP contribution in [0.5, 0.6) is 11.6 Å². The summed E-state index contributed by atoms with van der Waals surface area (Å²) in [5, 5.41) is 17.3. The molecule has 0 bridgehead atoms. The number of likely N-dealkylation sites (tertiary alicyclic amines) is 1. The summed E-state index contributed by atoms with van der Waals surface area (Å²) in [5.74, 6) is -1.24. The number of carbonyl (C=O) groups is 2. The van der Waals surface area contributed by atoms with Crippen molar-refractivity contribution < 1.29 is 32.6 Å². The van der Waals surface area contributed by atoms with Gasteiger partial charge in [-0.1, -0.05) is 18.5 Å². The van der Waals surface area contributed by atoms with Crippen molar-refractivity contribution >= 4 is 34.9 Å². The molecule has 270 valence electrons. The first-order chi connectivity index (χ1) is 24.7. The largest absolute Gasteiger partial charge is 0.504 e. The fraction of sp³-hybridized carbons (Fsp3) is 0.353. The minimum absolute atomic E-state index is 0.0258. The number of fused-ring (bicyclic) bond motifs is 3. The van der Waals surface area contributed by atoms with E-state index < -0.39 is 34.5 Å². The molecule has 7 rings (SSSR count). The normalized spacial score (nSPS) is 16.7. The predicted molar refractivity (Wildman–Crippen MR) is 180 cm³/mol. The van der Waals surface area contributed by atoms with Gasteiger partial charge in [0.15, 0.2) is 17.3 Å². The van der Waals surface area contributed by atoms with E-state index in [1.165, 1.54) is 19.6 Å². The number of anilines is 1. The fourth-order valence-corrected chi connectivity index (χ4v) is 7.58. The lowest BCUT2D eigenvalue weighted by Crippen LogP contribution is -2.46. The summed E-state index contributed by atoms with van der Waals surface area (Å²) in [6.07, 6.45) is -0.562. The highest BCUT2D eigenvalue weighted by atomic mass is 35.5. The second-order valence-corrected chi connectivity index (χ2v) is 13.3. The highest BCUT2D eigenvalue weighted by molar-refractivity contribution is 6.33. The summed E-state index contributed by atoms with van der Waals surface area (Å²) in [6.45, 7) is 3.63. The first-order valence-corrected chi connectivity index (χ1v) is 16.6. The zero-order valence-electron chi connectivity index (χ0n) is 28.0. The van der Waals surface area contributed by atoms with E-state index in [2.05, 4.69) is 30.4 Å². The molecule has 2 amide bonds. The number of ether oxygens (including phenoxy) is 1. The molecule has 1 aliphatic heterocycles.